The lowest BCUT2D eigenvalue weighted by Gasteiger charge is -2.12. The van der Waals surface area contributed by atoms with Crippen LogP contribution in [0.15, 0.2) is 54.6 Å². The van der Waals surface area contributed by atoms with Crippen LogP contribution in [0.4, 0.5) is 11.4 Å². The fourth-order valence-electron chi connectivity index (χ4n) is 1.45. The highest BCUT2D eigenvalue weighted by molar-refractivity contribution is 7.80. The highest BCUT2D eigenvalue weighted by atomic mass is 32.1. The molecule has 3 N–H and O–H groups in total. The van der Waals surface area contributed by atoms with Crippen LogP contribution >= 0.6 is 12.2 Å². The molecule has 2 rings (SSSR count). The maximum absolute atomic E-state index is 5.18. The van der Waals surface area contributed by atoms with Crippen molar-refractivity contribution in [3.8, 4) is 0 Å². The zero-order chi connectivity index (χ0) is 12.8. The van der Waals surface area contributed by atoms with Crippen LogP contribution in [0.1, 0.15) is 5.56 Å². The molecule has 0 radical (unpaired) electrons. The van der Waals surface area contributed by atoms with Crippen molar-refractivity contribution in [2.45, 2.75) is 6.92 Å². The molecule has 18 heavy (non-hydrogen) atoms. The van der Waals surface area contributed by atoms with Crippen molar-refractivity contribution in [2.24, 2.45) is 0 Å². The molecule has 0 fully saturated rings. The Morgan fingerprint density at radius 2 is 1.56 bits per heavy atom. The van der Waals surface area contributed by atoms with E-state index in [2.05, 4.69) is 23.1 Å². The molecule has 0 atom stereocenters. The first-order valence-corrected chi connectivity index (χ1v) is 6.09. The van der Waals surface area contributed by atoms with E-state index in [1.165, 1.54) is 5.56 Å². The molecule has 0 aliphatic rings. The van der Waals surface area contributed by atoms with Crippen molar-refractivity contribution in [2.75, 3.05) is 10.7 Å². The molecule has 0 spiro atoms. The number of anilines is 2. The van der Waals surface area contributed by atoms with Gasteiger partial charge >= 0.3 is 0 Å². The van der Waals surface area contributed by atoms with Crippen LogP contribution in [0.3, 0.4) is 0 Å². The van der Waals surface area contributed by atoms with Gasteiger partial charge in [-0.25, -0.2) is 0 Å². The van der Waals surface area contributed by atoms with Gasteiger partial charge in [0.05, 0.1) is 5.69 Å². The zero-order valence-electron chi connectivity index (χ0n) is 10.1. The minimum absolute atomic E-state index is 0.529. The summed E-state index contributed by atoms with van der Waals surface area (Å²) in [5.74, 6) is 0. The molecule has 2 aromatic rings. The summed E-state index contributed by atoms with van der Waals surface area (Å²) in [5.41, 5.74) is 9.13. The van der Waals surface area contributed by atoms with Crippen molar-refractivity contribution in [1.29, 1.82) is 0 Å². The van der Waals surface area contributed by atoms with Gasteiger partial charge in [0.2, 0.25) is 0 Å². The summed E-state index contributed by atoms with van der Waals surface area (Å²) in [7, 11) is 0. The molecule has 0 saturated heterocycles. The van der Waals surface area contributed by atoms with Crippen LogP contribution in [0, 0.1) is 6.92 Å². The second-order valence-corrected chi connectivity index (χ2v) is 4.34. The van der Waals surface area contributed by atoms with Gasteiger partial charge in [-0.15, -0.1) is 0 Å². The fourth-order valence-corrected chi connectivity index (χ4v) is 1.62. The van der Waals surface area contributed by atoms with Gasteiger partial charge < -0.3 is 5.32 Å². The minimum Gasteiger partial charge on any atom is -0.331 e. The van der Waals surface area contributed by atoms with Crippen LogP contribution in [-0.2, 0) is 0 Å². The minimum atomic E-state index is 0.529. The molecule has 0 unspecified atom stereocenters. The second-order valence-electron chi connectivity index (χ2n) is 3.94. The molecule has 0 saturated carbocycles. The standard InChI is InChI=1S/C14H15N3S/c1-11-7-9-13(10-8-11)16-17-14(18)15-12-5-3-2-4-6-12/h2-10,16H,1H3,(H2,15,17,18). The SMILES string of the molecule is Cc1ccc(NNC(=S)Nc2ccccc2)cc1. The fraction of sp³-hybridized carbons (Fsp3) is 0.0714. The molecule has 4 heteroatoms. The number of rotatable bonds is 3. The number of hydrazine groups is 1. The largest absolute Gasteiger partial charge is 0.331 e. The van der Waals surface area contributed by atoms with E-state index in [-0.39, 0.29) is 0 Å². The Morgan fingerprint density at radius 1 is 0.889 bits per heavy atom. The third-order valence-electron chi connectivity index (χ3n) is 2.40. The van der Waals surface area contributed by atoms with Gasteiger partial charge in [-0.2, -0.15) is 0 Å². The lowest BCUT2D eigenvalue weighted by Crippen LogP contribution is -2.33. The van der Waals surface area contributed by atoms with E-state index in [1.54, 1.807) is 0 Å². The average Bonchev–Trinajstić information content (AvgIpc) is 2.39. The maximum Gasteiger partial charge on any atom is 0.189 e. The van der Waals surface area contributed by atoms with Crippen molar-refractivity contribution in [3.05, 3.63) is 60.2 Å². The topological polar surface area (TPSA) is 36.1 Å². The molecule has 0 aliphatic heterocycles. The Labute approximate surface area is 112 Å². The van der Waals surface area contributed by atoms with Gasteiger partial charge in [0, 0.05) is 5.69 Å². The zero-order valence-corrected chi connectivity index (χ0v) is 10.9. The smallest absolute Gasteiger partial charge is 0.189 e. The van der Waals surface area contributed by atoms with Gasteiger partial charge in [0.15, 0.2) is 5.11 Å². The van der Waals surface area contributed by atoms with Crippen LogP contribution in [-0.4, -0.2) is 5.11 Å². The van der Waals surface area contributed by atoms with E-state index < -0.39 is 0 Å². The Balaban J connectivity index is 1.83. The van der Waals surface area contributed by atoms with E-state index in [1.807, 2.05) is 54.6 Å². The Kier molecular flexibility index (Phi) is 4.15. The monoisotopic (exact) mass is 257 g/mol. The Morgan fingerprint density at radius 3 is 2.22 bits per heavy atom. The first kappa shape index (κ1) is 12.4. The summed E-state index contributed by atoms with van der Waals surface area (Å²) in [6.07, 6.45) is 0. The molecular weight excluding hydrogens is 242 g/mol. The molecule has 2 aromatic carbocycles. The molecule has 0 aliphatic carbocycles. The van der Waals surface area contributed by atoms with Crippen LogP contribution in [0.5, 0.6) is 0 Å². The highest BCUT2D eigenvalue weighted by Gasteiger charge is 1.96. The summed E-state index contributed by atoms with van der Waals surface area (Å²) in [5, 5.41) is 3.61. The predicted octanol–water partition coefficient (Wildman–Crippen LogP) is 3.31. The normalized spacial score (nSPS) is 9.61. The van der Waals surface area contributed by atoms with Crippen LogP contribution in [0.25, 0.3) is 0 Å². The van der Waals surface area contributed by atoms with E-state index in [4.69, 9.17) is 12.2 Å². The average molecular weight is 257 g/mol. The van der Waals surface area contributed by atoms with Crippen molar-refractivity contribution < 1.29 is 0 Å². The highest BCUT2D eigenvalue weighted by Crippen LogP contribution is 2.07. The molecule has 0 aromatic heterocycles. The first-order valence-electron chi connectivity index (χ1n) is 5.69. The number of hydrogen-bond donors (Lipinski definition) is 3. The number of hydrogen-bond acceptors (Lipinski definition) is 2. The Hall–Kier alpha value is -2.07. The van der Waals surface area contributed by atoms with E-state index in [0.717, 1.165) is 11.4 Å². The van der Waals surface area contributed by atoms with Crippen LogP contribution in [0.2, 0.25) is 0 Å². The molecule has 0 heterocycles. The lowest BCUT2D eigenvalue weighted by molar-refractivity contribution is 1.14. The summed E-state index contributed by atoms with van der Waals surface area (Å²) in [4.78, 5) is 0. The number of nitrogens with one attached hydrogen (secondary N) is 3. The summed E-state index contributed by atoms with van der Waals surface area (Å²) >= 11 is 5.18. The number of aryl methyl sites for hydroxylation is 1. The first-order chi connectivity index (χ1) is 8.74. The predicted molar refractivity (Wildman–Crippen MR) is 80.6 cm³/mol. The molecule has 92 valence electrons. The Bertz CT molecular complexity index is 508. The van der Waals surface area contributed by atoms with Crippen LogP contribution < -0.4 is 16.2 Å². The van der Waals surface area contributed by atoms with E-state index in [9.17, 15) is 0 Å². The number of benzene rings is 2. The molecule has 0 amide bonds. The van der Waals surface area contributed by atoms with Crippen molar-refractivity contribution in [3.63, 3.8) is 0 Å². The van der Waals surface area contributed by atoms with Crippen molar-refractivity contribution >= 4 is 28.7 Å². The van der Waals surface area contributed by atoms with E-state index >= 15 is 0 Å². The number of thiocarbonyl (C=S) groups is 1. The third-order valence-corrected chi connectivity index (χ3v) is 2.61. The van der Waals surface area contributed by atoms with Gasteiger partial charge in [0.1, 0.15) is 0 Å². The third kappa shape index (κ3) is 3.75. The van der Waals surface area contributed by atoms with Gasteiger partial charge in [-0.05, 0) is 43.4 Å². The summed E-state index contributed by atoms with van der Waals surface area (Å²) in [6.45, 7) is 2.05. The van der Waals surface area contributed by atoms with Crippen molar-refractivity contribution in [1.82, 2.24) is 5.43 Å². The van der Waals surface area contributed by atoms with Gasteiger partial charge in [0.25, 0.3) is 0 Å². The van der Waals surface area contributed by atoms with Gasteiger partial charge in [-0.1, -0.05) is 35.9 Å². The summed E-state index contributed by atoms with van der Waals surface area (Å²) in [6, 6.07) is 17.9. The van der Waals surface area contributed by atoms with E-state index in [0.29, 0.717) is 5.11 Å². The second kappa shape index (κ2) is 6.02. The number of para-hydroxylation sites is 1. The summed E-state index contributed by atoms with van der Waals surface area (Å²) < 4.78 is 0. The lowest BCUT2D eigenvalue weighted by atomic mass is 10.2. The quantitative estimate of drug-likeness (QED) is 0.582. The van der Waals surface area contributed by atoms with Gasteiger partial charge in [-0.3, -0.25) is 10.9 Å². The molecular formula is C14H15N3S. The molecule has 3 nitrogen and oxygen atoms in total. The molecule has 0 bridgehead atoms. The maximum atomic E-state index is 5.18.